The molecule has 0 aliphatic rings. The maximum absolute atomic E-state index is 12.5. The Morgan fingerprint density at radius 2 is 2.09 bits per heavy atom. The Hall–Kier alpha value is 0.543. The Morgan fingerprint density at radius 3 is 2.55 bits per heavy atom. The fourth-order valence-electron chi connectivity index (χ4n) is 0.735. The van der Waals surface area contributed by atoms with Gasteiger partial charge in [0.15, 0.2) is 0 Å². The first-order chi connectivity index (χ1) is 4.74. The van der Waals surface area contributed by atoms with E-state index < -0.39 is 0 Å². The van der Waals surface area contributed by atoms with Gasteiger partial charge in [0.2, 0.25) is 0 Å². The van der Waals surface area contributed by atoms with E-state index in [0.717, 1.165) is 28.9 Å². The van der Waals surface area contributed by atoms with E-state index >= 15 is 0 Å². The third-order valence-electron chi connectivity index (χ3n) is 1.28. The van der Waals surface area contributed by atoms with E-state index in [1.54, 1.807) is 6.07 Å². The summed E-state index contributed by atoms with van der Waals surface area (Å²) in [5.74, 6) is -0.201. The molecule has 0 unspecified atom stereocenters. The fourth-order valence-corrected chi connectivity index (χ4v) is 2.15. The maximum atomic E-state index is 12.5. The van der Waals surface area contributed by atoms with Crippen LogP contribution in [0.3, 0.4) is 0 Å². The summed E-state index contributed by atoms with van der Waals surface area (Å²) in [4.78, 5) is 0. The van der Waals surface area contributed by atoms with Crippen LogP contribution in [0.4, 0.5) is 4.39 Å². The second-order valence-electron chi connectivity index (χ2n) is 1.99. The molecule has 0 saturated carbocycles. The van der Waals surface area contributed by atoms with Crippen molar-refractivity contribution in [3.05, 3.63) is 34.6 Å². The van der Waals surface area contributed by atoms with Crippen LogP contribution in [-0.2, 0) is 23.3 Å². The zero-order chi connectivity index (χ0) is 7.56. The van der Waals surface area contributed by atoms with Crippen LogP contribution >= 0.6 is 11.6 Å². The summed E-state index contributed by atoms with van der Waals surface area (Å²) >= 11 is 6.86. The van der Waals surface area contributed by atoms with Gasteiger partial charge in [-0.25, -0.2) is 0 Å². The van der Waals surface area contributed by atoms with E-state index in [2.05, 4.69) is 0 Å². The van der Waals surface area contributed by atoms with Gasteiger partial charge in [-0.05, 0) is 0 Å². The first kappa shape index (κ1) is 11.5. The predicted molar refractivity (Wildman–Crippen MR) is 35.1 cm³/mol. The molecule has 1 aromatic carbocycles. The van der Waals surface area contributed by atoms with Crippen molar-refractivity contribution in [3.8, 4) is 0 Å². The van der Waals surface area contributed by atoms with E-state index in [1.807, 2.05) is 0 Å². The normalized spacial score (nSPS) is 9.09. The quantitative estimate of drug-likeness (QED) is 0.613. The Balaban J connectivity index is 0.000001000. The van der Waals surface area contributed by atoms with Gasteiger partial charge in [0.25, 0.3) is 0 Å². The zero-order valence-electron chi connectivity index (χ0n) is 5.78. The van der Waals surface area contributed by atoms with Crippen molar-refractivity contribution >= 4 is 11.6 Å². The Labute approximate surface area is 90.6 Å². The van der Waals surface area contributed by atoms with Gasteiger partial charge < -0.3 is 17.0 Å². The number of hydrogen-bond donors (Lipinski definition) is 0. The van der Waals surface area contributed by atoms with Crippen molar-refractivity contribution < 1.29 is 39.7 Å². The van der Waals surface area contributed by atoms with Crippen molar-refractivity contribution in [1.82, 2.24) is 0 Å². The summed E-state index contributed by atoms with van der Waals surface area (Å²) < 4.78 is 12.5. The van der Waals surface area contributed by atoms with Crippen LogP contribution in [0, 0.1) is 5.82 Å². The summed E-state index contributed by atoms with van der Waals surface area (Å²) in [7, 11) is 0. The largest absolute Gasteiger partial charge is 1.00 e. The molecule has 11 heavy (non-hydrogen) atoms. The van der Waals surface area contributed by atoms with E-state index in [0.29, 0.717) is 5.02 Å². The SMILES string of the molecule is Fc1ccc(Cl)c([CH2][Zn+])c1.[Br-]. The summed E-state index contributed by atoms with van der Waals surface area (Å²) in [6.45, 7) is 0. The Morgan fingerprint density at radius 1 is 1.45 bits per heavy atom. The molecule has 1 rings (SSSR count). The van der Waals surface area contributed by atoms with Gasteiger partial charge in [-0.15, -0.1) is 0 Å². The van der Waals surface area contributed by atoms with Gasteiger partial charge in [0, 0.05) is 0 Å². The van der Waals surface area contributed by atoms with Gasteiger partial charge in [0.05, 0.1) is 0 Å². The number of benzene rings is 1. The van der Waals surface area contributed by atoms with Gasteiger partial charge in [-0.1, -0.05) is 0 Å². The van der Waals surface area contributed by atoms with E-state index in [1.165, 1.54) is 12.1 Å². The Bertz CT molecular complexity index is 242. The minimum Gasteiger partial charge on any atom is -1.00 e. The average molecular weight is 289 g/mol. The van der Waals surface area contributed by atoms with Crippen LogP contribution in [0.25, 0.3) is 0 Å². The van der Waals surface area contributed by atoms with Gasteiger partial charge >= 0.3 is 73.9 Å². The molecular formula is C7H5BrClFZn. The van der Waals surface area contributed by atoms with Crippen LogP contribution in [0.15, 0.2) is 18.2 Å². The van der Waals surface area contributed by atoms with Crippen molar-refractivity contribution in [2.24, 2.45) is 0 Å². The van der Waals surface area contributed by atoms with Crippen LogP contribution in [0.2, 0.25) is 5.02 Å². The first-order valence-electron chi connectivity index (χ1n) is 2.97. The third-order valence-corrected chi connectivity index (χ3v) is 2.78. The van der Waals surface area contributed by atoms with Gasteiger partial charge in [0.1, 0.15) is 0 Å². The molecule has 4 heteroatoms. The smallest absolute Gasteiger partial charge is 1.00 e. The molecule has 0 bridgehead atoms. The van der Waals surface area contributed by atoms with Crippen LogP contribution in [-0.4, -0.2) is 0 Å². The predicted octanol–water partition coefficient (Wildman–Crippen LogP) is -0.470. The molecule has 56 valence electrons. The topological polar surface area (TPSA) is 0 Å². The van der Waals surface area contributed by atoms with E-state index in [4.69, 9.17) is 11.6 Å². The summed E-state index contributed by atoms with van der Waals surface area (Å²) in [5.41, 5.74) is 0.918. The molecule has 0 spiro atoms. The minimum absolute atomic E-state index is 0. The molecule has 1 aromatic rings. The van der Waals surface area contributed by atoms with E-state index in [-0.39, 0.29) is 22.8 Å². The first-order valence-corrected chi connectivity index (χ1v) is 5.45. The number of rotatable bonds is 1. The molecule has 0 nitrogen and oxygen atoms in total. The molecule has 0 aromatic heterocycles. The van der Waals surface area contributed by atoms with Crippen molar-refractivity contribution in [3.63, 3.8) is 0 Å². The standard InChI is InChI=1S/C7H5ClF.BrH.Zn/c1-5-4-6(9)2-3-7(5)8;;/h2-4H,1H2;1H;/q;;+1/p-1. The Kier molecular flexibility index (Phi) is 5.49. The van der Waals surface area contributed by atoms with E-state index in [9.17, 15) is 4.39 Å². The number of halogens is 3. The second kappa shape index (κ2) is 5.24. The molecule has 0 heterocycles. The van der Waals surface area contributed by atoms with Crippen molar-refractivity contribution in [1.29, 1.82) is 0 Å². The third kappa shape index (κ3) is 3.19. The monoisotopic (exact) mass is 286 g/mol. The molecule has 0 fully saturated rings. The molecular weight excluding hydrogens is 284 g/mol. The average Bonchev–Trinajstić information content (AvgIpc) is 1.94. The molecule has 0 N–H and O–H groups in total. The van der Waals surface area contributed by atoms with Crippen LogP contribution < -0.4 is 17.0 Å². The molecule has 0 atom stereocenters. The molecule has 0 aliphatic carbocycles. The number of hydrogen-bond acceptors (Lipinski definition) is 0. The van der Waals surface area contributed by atoms with Crippen LogP contribution in [0.1, 0.15) is 5.56 Å². The summed E-state index contributed by atoms with van der Waals surface area (Å²) in [6.07, 6.45) is 0. The summed E-state index contributed by atoms with van der Waals surface area (Å²) in [6, 6.07) is 4.47. The van der Waals surface area contributed by atoms with Crippen molar-refractivity contribution in [2.45, 2.75) is 5.02 Å². The second-order valence-corrected chi connectivity index (χ2v) is 3.44. The van der Waals surface area contributed by atoms with Crippen LogP contribution in [0.5, 0.6) is 0 Å². The molecule has 0 radical (unpaired) electrons. The maximum Gasteiger partial charge on any atom is -1.00 e. The molecule has 0 saturated heterocycles. The van der Waals surface area contributed by atoms with Gasteiger partial charge in [-0.2, -0.15) is 0 Å². The molecule has 0 aliphatic heterocycles. The van der Waals surface area contributed by atoms with Crippen molar-refractivity contribution in [2.75, 3.05) is 0 Å². The molecule has 0 amide bonds. The van der Waals surface area contributed by atoms with Gasteiger partial charge in [-0.3, -0.25) is 0 Å². The minimum atomic E-state index is -0.201. The summed E-state index contributed by atoms with van der Waals surface area (Å²) in [5, 5.41) is 1.57. The zero-order valence-corrected chi connectivity index (χ0v) is 11.1. The fraction of sp³-hybridized carbons (Fsp3) is 0.143.